The summed E-state index contributed by atoms with van der Waals surface area (Å²) in [6, 6.07) is 16.2. The van der Waals surface area contributed by atoms with Crippen molar-refractivity contribution in [3.63, 3.8) is 0 Å². The standard InChI is InChI=1S/C18H11NO3S/c20-13-6-7-15-12(8-13)9-14(18(21)22-15)16-10-19-17(23-16)11-4-2-1-3-5-11/h1-10,20H. The maximum Gasteiger partial charge on any atom is 0.345 e. The van der Waals surface area contributed by atoms with Gasteiger partial charge in [0.25, 0.3) is 0 Å². The molecular weight excluding hydrogens is 310 g/mol. The highest BCUT2D eigenvalue weighted by atomic mass is 32.1. The molecule has 5 heteroatoms. The highest BCUT2D eigenvalue weighted by Gasteiger charge is 2.12. The molecule has 0 amide bonds. The van der Waals surface area contributed by atoms with Crippen LogP contribution >= 0.6 is 11.3 Å². The van der Waals surface area contributed by atoms with E-state index in [-0.39, 0.29) is 5.75 Å². The lowest BCUT2D eigenvalue weighted by Gasteiger charge is -2.00. The largest absolute Gasteiger partial charge is 0.508 e. The van der Waals surface area contributed by atoms with Crippen molar-refractivity contribution in [2.45, 2.75) is 0 Å². The third-order valence-electron chi connectivity index (χ3n) is 3.51. The van der Waals surface area contributed by atoms with Gasteiger partial charge < -0.3 is 9.52 Å². The molecule has 0 atom stereocenters. The molecule has 2 heterocycles. The van der Waals surface area contributed by atoms with E-state index in [2.05, 4.69) is 4.98 Å². The van der Waals surface area contributed by atoms with E-state index in [1.165, 1.54) is 17.4 Å². The normalized spacial score (nSPS) is 11.0. The van der Waals surface area contributed by atoms with Crippen molar-refractivity contribution in [1.82, 2.24) is 4.98 Å². The van der Waals surface area contributed by atoms with Crippen LogP contribution in [0.1, 0.15) is 0 Å². The van der Waals surface area contributed by atoms with Gasteiger partial charge in [0.15, 0.2) is 0 Å². The summed E-state index contributed by atoms with van der Waals surface area (Å²) in [6.45, 7) is 0. The Morgan fingerprint density at radius 3 is 2.70 bits per heavy atom. The van der Waals surface area contributed by atoms with Crippen LogP contribution in [0.5, 0.6) is 5.75 Å². The number of aromatic nitrogens is 1. The van der Waals surface area contributed by atoms with Gasteiger partial charge in [-0.25, -0.2) is 9.78 Å². The van der Waals surface area contributed by atoms with E-state index < -0.39 is 5.63 Å². The number of phenols is 1. The van der Waals surface area contributed by atoms with E-state index in [0.29, 0.717) is 16.5 Å². The van der Waals surface area contributed by atoms with Crippen molar-refractivity contribution in [2.75, 3.05) is 0 Å². The average Bonchev–Trinajstić information content (AvgIpc) is 3.05. The molecule has 0 aliphatic rings. The first-order chi connectivity index (χ1) is 11.2. The fourth-order valence-corrected chi connectivity index (χ4v) is 3.32. The summed E-state index contributed by atoms with van der Waals surface area (Å²) in [5, 5.41) is 11.1. The Morgan fingerprint density at radius 1 is 1.04 bits per heavy atom. The first-order valence-corrected chi connectivity index (χ1v) is 7.81. The predicted molar refractivity (Wildman–Crippen MR) is 90.7 cm³/mol. The maximum absolute atomic E-state index is 12.2. The zero-order valence-electron chi connectivity index (χ0n) is 11.9. The van der Waals surface area contributed by atoms with Gasteiger partial charge in [0.1, 0.15) is 16.3 Å². The van der Waals surface area contributed by atoms with Crippen LogP contribution in [0.4, 0.5) is 0 Å². The second kappa shape index (κ2) is 5.37. The summed E-state index contributed by atoms with van der Waals surface area (Å²) in [5.74, 6) is 0.131. The van der Waals surface area contributed by atoms with Gasteiger partial charge in [-0.1, -0.05) is 30.3 Å². The number of rotatable bonds is 2. The molecule has 0 saturated carbocycles. The summed E-state index contributed by atoms with van der Waals surface area (Å²) in [4.78, 5) is 17.3. The van der Waals surface area contributed by atoms with Gasteiger partial charge in [-0.05, 0) is 24.3 Å². The van der Waals surface area contributed by atoms with Gasteiger partial charge in [0.05, 0.1) is 10.4 Å². The first kappa shape index (κ1) is 13.7. The van der Waals surface area contributed by atoms with Crippen molar-refractivity contribution in [2.24, 2.45) is 0 Å². The summed E-state index contributed by atoms with van der Waals surface area (Å²) in [7, 11) is 0. The zero-order valence-corrected chi connectivity index (χ0v) is 12.7. The molecule has 112 valence electrons. The number of thiazole rings is 1. The highest BCUT2D eigenvalue weighted by molar-refractivity contribution is 7.18. The number of phenolic OH excluding ortho intramolecular Hbond substituents is 1. The Morgan fingerprint density at radius 2 is 1.87 bits per heavy atom. The summed E-state index contributed by atoms with van der Waals surface area (Å²) >= 11 is 1.43. The number of hydrogen-bond acceptors (Lipinski definition) is 5. The van der Waals surface area contributed by atoms with Gasteiger partial charge in [0, 0.05) is 17.1 Å². The molecule has 0 bridgehead atoms. The summed E-state index contributed by atoms with van der Waals surface area (Å²) < 4.78 is 5.33. The van der Waals surface area contributed by atoms with Crippen LogP contribution in [0.2, 0.25) is 0 Å². The zero-order chi connectivity index (χ0) is 15.8. The van der Waals surface area contributed by atoms with Crippen LogP contribution in [-0.4, -0.2) is 10.1 Å². The minimum atomic E-state index is -0.411. The van der Waals surface area contributed by atoms with E-state index in [1.807, 2.05) is 30.3 Å². The second-order valence-electron chi connectivity index (χ2n) is 5.07. The Hall–Kier alpha value is -2.92. The molecule has 0 spiro atoms. The van der Waals surface area contributed by atoms with Gasteiger partial charge in [0.2, 0.25) is 0 Å². The van der Waals surface area contributed by atoms with Crippen molar-refractivity contribution >= 4 is 22.3 Å². The molecule has 0 unspecified atom stereocenters. The van der Waals surface area contributed by atoms with Crippen molar-refractivity contribution < 1.29 is 9.52 Å². The van der Waals surface area contributed by atoms with Crippen LogP contribution < -0.4 is 5.63 Å². The van der Waals surface area contributed by atoms with Crippen LogP contribution in [0.25, 0.3) is 32.0 Å². The highest BCUT2D eigenvalue weighted by Crippen LogP contribution is 2.32. The second-order valence-corrected chi connectivity index (χ2v) is 6.10. The third-order valence-corrected chi connectivity index (χ3v) is 4.59. The molecule has 0 aliphatic heterocycles. The number of aromatic hydroxyl groups is 1. The van der Waals surface area contributed by atoms with Gasteiger partial charge in [-0.2, -0.15) is 0 Å². The number of fused-ring (bicyclic) bond motifs is 1. The lowest BCUT2D eigenvalue weighted by molar-refractivity contribution is 0.475. The van der Waals surface area contributed by atoms with Gasteiger partial charge in [-0.3, -0.25) is 0 Å². The SMILES string of the molecule is O=c1oc2ccc(O)cc2cc1-c1cnc(-c2ccccc2)s1. The van der Waals surface area contributed by atoms with Crippen molar-refractivity contribution in [3.8, 4) is 26.8 Å². The molecule has 4 rings (SSSR count). The van der Waals surface area contributed by atoms with E-state index in [0.717, 1.165) is 15.4 Å². The molecule has 1 N–H and O–H groups in total. The van der Waals surface area contributed by atoms with Crippen LogP contribution in [-0.2, 0) is 0 Å². The molecule has 4 nitrogen and oxygen atoms in total. The van der Waals surface area contributed by atoms with E-state index in [9.17, 15) is 9.90 Å². The molecule has 0 aliphatic carbocycles. The molecule has 2 aromatic carbocycles. The van der Waals surface area contributed by atoms with Gasteiger partial charge in [-0.15, -0.1) is 11.3 Å². The maximum atomic E-state index is 12.2. The van der Waals surface area contributed by atoms with Crippen molar-refractivity contribution in [1.29, 1.82) is 0 Å². The smallest absolute Gasteiger partial charge is 0.345 e. The van der Waals surface area contributed by atoms with Gasteiger partial charge >= 0.3 is 5.63 Å². The van der Waals surface area contributed by atoms with Crippen molar-refractivity contribution in [3.05, 3.63) is 71.2 Å². The molecule has 2 aromatic heterocycles. The lowest BCUT2D eigenvalue weighted by Crippen LogP contribution is -2.01. The minimum Gasteiger partial charge on any atom is -0.508 e. The van der Waals surface area contributed by atoms with Crippen LogP contribution in [0.3, 0.4) is 0 Å². The Bertz CT molecular complexity index is 1050. The predicted octanol–water partition coefficient (Wildman–Crippen LogP) is 4.29. The average molecular weight is 321 g/mol. The molecule has 0 fully saturated rings. The molecular formula is C18H11NO3S. The lowest BCUT2D eigenvalue weighted by atomic mass is 10.1. The number of nitrogens with zero attached hydrogens (tertiary/aromatic N) is 1. The fraction of sp³-hybridized carbons (Fsp3) is 0. The molecule has 4 aromatic rings. The molecule has 0 radical (unpaired) electrons. The number of hydrogen-bond donors (Lipinski definition) is 1. The fourth-order valence-electron chi connectivity index (χ4n) is 2.40. The van der Waals surface area contributed by atoms with E-state index in [4.69, 9.17) is 4.42 Å². The van der Waals surface area contributed by atoms with E-state index >= 15 is 0 Å². The third kappa shape index (κ3) is 2.51. The number of benzene rings is 2. The first-order valence-electron chi connectivity index (χ1n) is 6.99. The van der Waals surface area contributed by atoms with Crippen LogP contribution in [0.15, 0.2) is 70.0 Å². The van der Waals surface area contributed by atoms with E-state index in [1.54, 1.807) is 24.4 Å². The van der Waals surface area contributed by atoms with Crippen LogP contribution in [0, 0.1) is 0 Å². The Kier molecular flexibility index (Phi) is 3.20. The Balaban J connectivity index is 1.85. The molecule has 0 saturated heterocycles. The summed E-state index contributed by atoms with van der Waals surface area (Å²) in [5.41, 5.74) is 1.49. The molecule has 23 heavy (non-hydrogen) atoms. The Labute approximate surface area is 135 Å². The quantitative estimate of drug-likeness (QED) is 0.559. The minimum absolute atomic E-state index is 0.131. The monoisotopic (exact) mass is 321 g/mol. The topological polar surface area (TPSA) is 63.3 Å². The summed E-state index contributed by atoms with van der Waals surface area (Å²) in [6.07, 6.45) is 1.67.